The molecule has 2 nitrogen and oxygen atoms in total. The van der Waals surface area contributed by atoms with Crippen molar-refractivity contribution >= 4 is 10.9 Å². The van der Waals surface area contributed by atoms with Crippen LogP contribution >= 0.6 is 0 Å². The number of piperidine rings is 1. The van der Waals surface area contributed by atoms with Gasteiger partial charge in [-0.3, -0.25) is 0 Å². The second-order valence-corrected chi connectivity index (χ2v) is 6.85. The van der Waals surface area contributed by atoms with Gasteiger partial charge in [0.25, 0.3) is 0 Å². The summed E-state index contributed by atoms with van der Waals surface area (Å²) in [5, 5.41) is 1.36. The predicted octanol–water partition coefficient (Wildman–Crippen LogP) is 4.93. The van der Waals surface area contributed by atoms with Gasteiger partial charge >= 0.3 is 0 Å². The van der Waals surface area contributed by atoms with Crippen molar-refractivity contribution in [1.82, 2.24) is 9.47 Å². The Morgan fingerprint density at radius 1 is 1.00 bits per heavy atom. The number of para-hydroxylation sites is 1. The highest BCUT2D eigenvalue weighted by Crippen LogP contribution is 2.22. The normalized spacial score (nSPS) is 17.3. The van der Waals surface area contributed by atoms with Crippen molar-refractivity contribution in [2.45, 2.75) is 52.0 Å². The number of unbranched alkanes of at least 4 members (excludes halogenated alkanes) is 1. The minimum atomic E-state index is 1.00. The van der Waals surface area contributed by atoms with Gasteiger partial charge in [-0.05, 0) is 62.3 Å². The van der Waals surface area contributed by atoms with E-state index < -0.39 is 0 Å². The molecule has 22 heavy (non-hydrogen) atoms. The van der Waals surface area contributed by atoms with Crippen LogP contribution in [0.1, 0.15) is 45.4 Å². The monoisotopic (exact) mass is 298 g/mol. The van der Waals surface area contributed by atoms with Crippen LogP contribution in [0.2, 0.25) is 0 Å². The third kappa shape index (κ3) is 3.92. The molecule has 0 amide bonds. The van der Waals surface area contributed by atoms with Crippen molar-refractivity contribution in [2.24, 2.45) is 5.92 Å². The topological polar surface area (TPSA) is 8.17 Å². The molecule has 0 N–H and O–H groups in total. The lowest BCUT2D eigenvalue weighted by Crippen LogP contribution is -2.34. The summed E-state index contributed by atoms with van der Waals surface area (Å²) in [7, 11) is 0. The Balaban J connectivity index is 1.41. The average molecular weight is 298 g/mol. The van der Waals surface area contributed by atoms with E-state index in [1.165, 1.54) is 69.1 Å². The lowest BCUT2D eigenvalue weighted by Gasteiger charge is -2.32. The first kappa shape index (κ1) is 15.6. The van der Waals surface area contributed by atoms with Gasteiger partial charge in [-0.25, -0.2) is 0 Å². The van der Waals surface area contributed by atoms with Crippen LogP contribution < -0.4 is 0 Å². The van der Waals surface area contributed by atoms with E-state index in [4.69, 9.17) is 0 Å². The van der Waals surface area contributed by atoms with E-state index in [0.717, 1.165) is 12.5 Å². The summed E-state index contributed by atoms with van der Waals surface area (Å²) in [6, 6.07) is 10.9. The number of rotatable bonds is 7. The van der Waals surface area contributed by atoms with Crippen LogP contribution in [0.3, 0.4) is 0 Å². The van der Waals surface area contributed by atoms with Gasteiger partial charge in [-0.2, -0.15) is 0 Å². The fourth-order valence-electron chi connectivity index (χ4n) is 3.79. The quantitative estimate of drug-likeness (QED) is 0.703. The highest BCUT2D eigenvalue weighted by atomic mass is 15.1. The van der Waals surface area contributed by atoms with Gasteiger partial charge in [0.1, 0.15) is 0 Å². The molecule has 2 heteroatoms. The van der Waals surface area contributed by atoms with Gasteiger partial charge in [0.2, 0.25) is 0 Å². The van der Waals surface area contributed by atoms with Gasteiger partial charge in [0.15, 0.2) is 0 Å². The first-order chi connectivity index (χ1) is 10.9. The molecule has 0 bridgehead atoms. The van der Waals surface area contributed by atoms with Crippen molar-refractivity contribution in [3.05, 3.63) is 36.5 Å². The maximum Gasteiger partial charge on any atom is 0.0480 e. The average Bonchev–Trinajstić information content (AvgIpc) is 2.98. The molecule has 1 aromatic heterocycles. The first-order valence-electron chi connectivity index (χ1n) is 9.13. The number of hydrogen-bond acceptors (Lipinski definition) is 1. The number of likely N-dealkylation sites (tertiary alicyclic amines) is 1. The molecular weight excluding hydrogens is 268 g/mol. The Hall–Kier alpha value is -1.28. The molecule has 0 atom stereocenters. The summed E-state index contributed by atoms with van der Waals surface area (Å²) >= 11 is 0. The Bertz CT molecular complexity index is 564. The lowest BCUT2D eigenvalue weighted by molar-refractivity contribution is 0.174. The van der Waals surface area contributed by atoms with Crippen LogP contribution in [0, 0.1) is 5.92 Å². The third-order valence-corrected chi connectivity index (χ3v) is 5.23. The van der Waals surface area contributed by atoms with E-state index in [9.17, 15) is 0 Å². The molecule has 1 saturated heterocycles. The third-order valence-electron chi connectivity index (χ3n) is 5.23. The minimum absolute atomic E-state index is 1.00. The van der Waals surface area contributed by atoms with E-state index in [1.807, 2.05) is 0 Å². The molecule has 0 spiro atoms. The van der Waals surface area contributed by atoms with Gasteiger partial charge < -0.3 is 9.47 Å². The van der Waals surface area contributed by atoms with Crippen molar-refractivity contribution in [2.75, 3.05) is 19.6 Å². The molecule has 1 aliphatic heterocycles. The van der Waals surface area contributed by atoms with Gasteiger partial charge in [0.05, 0.1) is 0 Å². The molecule has 1 fully saturated rings. The van der Waals surface area contributed by atoms with E-state index in [2.05, 4.69) is 52.9 Å². The number of nitrogens with zero attached hydrogens (tertiary/aromatic N) is 2. The molecule has 2 heterocycles. The van der Waals surface area contributed by atoms with Crippen LogP contribution in [0.4, 0.5) is 0 Å². The van der Waals surface area contributed by atoms with Crippen LogP contribution in [0.25, 0.3) is 10.9 Å². The Kier molecular flexibility index (Phi) is 5.55. The Labute approximate surface area is 135 Å². The lowest BCUT2D eigenvalue weighted by atomic mass is 9.91. The summed E-state index contributed by atoms with van der Waals surface area (Å²) in [5.74, 6) is 1.00. The van der Waals surface area contributed by atoms with Gasteiger partial charge in [-0.1, -0.05) is 44.4 Å². The SMILES string of the molecule is CCCCC1CCN(CCCn2ccc3ccccc32)CC1. The second kappa shape index (κ2) is 7.82. The zero-order valence-electron chi connectivity index (χ0n) is 14.0. The van der Waals surface area contributed by atoms with Crippen molar-refractivity contribution < 1.29 is 0 Å². The summed E-state index contributed by atoms with van der Waals surface area (Å²) in [5.41, 5.74) is 1.38. The molecule has 1 aromatic carbocycles. The number of fused-ring (bicyclic) bond motifs is 1. The van der Waals surface area contributed by atoms with Crippen LogP contribution in [-0.2, 0) is 6.54 Å². The zero-order chi connectivity index (χ0) is 15.2. The molecule has 2 aromatic rings. The first-order valence-corrected chi connectivity index (χ1v) is 9.13. The van der Waals surface area contributed by atoms with Crippen molar-refractivity contribution in [3.63, 3.8) is 0 Å². The predicted molar refractivity (Wildman–Crippen MR) is 95.2 cm³/mol. The summed E-state index contributed by atoms with van der Waals surface area (Å²) < 4.78 is 2.41. The van der Waals surface area contributed by atoms with Crippen LogP contribution in [0.5, 0.6) is 0 Å². The van der Waals surface area contributed by atoms with Crippen LogP contribution in [0.15, 0.2) is 36.5 Å². The van der Waals surface area contributed by atoms with Gasteiger partial charge in [-0.15, -0.1) is 0 Å². The molecule has 120 valence electrons. The summed E-state index contributed by atoms with van der Waals surface area (Å²) in [4.78, 5) is 2.67. The zero-order valence-corrected chi connectivity index (χ0v) is 14.0. The highest BCUT2D eigenvalue weighted by molar-refractivity contribution is 5.79. The molecular formula is C20H30N2. The summed E-state index contributed by atoms with van der Waals surface area (Å²) in [6.45, 7) is 7.35. The molecule has 0 saturated carbocycles. The maximum atomic E-state index is 2.67. The van der Waals surface area contributed by atoms with E-state index in [1.54, 1.807) is 0 Å². The van der Waals surface area contributed by atoms with E-state index in [0.29, 0.717) is 0 Å². The maximum absolute atomic E-state index is 2.67. The molecule has 0 radical (unpaired) electrons. The minimum Gasteiger partial charge on any atom is -0.347 e. The largest absolute Gasteiger partial charge is 0.347 e. The fraction of sp³-hybridized carbons (Fsp3) is 0.600. The Morgan fingerprint density at radius 3 is 2.64 bits per heavy atom. The summed E-state index contributed by atoms with van der Waals surface area (Å²) in [6.07, 6.45) is 10.6. The number of hydrogen-bond donors (Lipinski definition) is 0. The fourth-order valence-corrected chi connectivity index (χ4v) is 3.79. The van der Waals surface area contributed by atoms with Crippen molar-refractivity contribution in [3.8, 4) is 0 Å². The molecule has 1 aliphatic rings. The van der Waals surface area contributed by atoms with Gasteiger partial charge in [0, 0.05) is 18.3 Å². The Morgan fingerprint density at radius 2 is 1.82 bits per heavy atom. The molecule has 3 rings (SSSR count). The highest BCUT2D eigenvalue weighted by Gasteiger charge is 2.18. The van der Waals surface area contributed by atoms with Crippen molar-refractivity contribution in [1.29, 1.82) is 0 Å². The van der Waals surface area contributed by atoms with E-state index >= 15 is 0 Å². The van der Waals surface area contributed by atoms with E-state index in [-0.39, 0.29) is 0 Å². The smallest absolute Gasteiger partial charge is 0.0480 e. The second-order valence-electron chi connectivity index (χ2n) is 6.85. The standard InChI is InChI=1S/C20H30N2/c1-2-3-7-18-10-15-21(16-11-18)13-6-14-22-17-12-19-8-4-5-9-20(19)22/h4-5,8-9,12,17-18H,2-3,6-7,10-11,13-16H2,1H3. The number of aromatic nitrogens is 1. The molecule has 0 aliphatic carbocycles. The number of aryl methyl sites for hydroxylation is 1. The number of benzene rings is 1. The van der Waals surface area contributed by atoms with Crippen LogP contribution in [-0.4, -0.2) is 29.1 Å². The molecule has 0 unspecified atom stereocenters.